The summed E-state index contributed by atoms with van der Waals surface area (Å²) in [5.74, 6) is -0.556. The van der Waals surface area contributed by atoms with Gasteiger partial charge in [0.05, 0.1) is 19.8 Å². The van der Waals surface area contributed by atoms with Crippen LogP contribution < -0.4 is 0 Å². The smallest absolute Gasteiger partial charge is 0.344 e. The minimum atomic E-state index is -3.55. The fourth-order valence-electron chi connectivity index (χ4n) is 2.11. The van der Waals surface area contributed by atoms with Crippen molar-refractivity contribution < 1.29 is 32.6 Å². The van der Waals surface area contributed by atoms with E-state index in [2.05, 4.69) is 0 Å². The van der Waals surface area contributed by atoms with Crippen molar-refractivity contribution >= 4 is 13.6 Å². The van der Waals surface area contributed by atoms with Gasteiger partial charge in [-0.15, -0.1) is 0 Å². The van der Waals surface area contributed by atoms with Crippen molar-refractivity contribution in [1.82, 2.24) is 0 Å². The first-order chi connectivity index (χ1) is 10.6. The van der Waals surface area contributed by atoms with Crippen LogP contribution in [0.3, 0.4) is 0 Å². The Morgan fingerprint density at radius 1 is 1.14 bits per heavy atom. The molecule has 1 aliphatic heterocycles. The van der Waals surface area contributed by atoms with Gasteiger partial charge in [0.2, 0.25) is 6.29 Å². The van der Waals surface area contributed by atoms with E-state index in [0.29, 0.717) is 19.3 Å². The highest BCUT2D eigenvalue weighted by molar-refractivity contribution is 7.55. The summed E-state index contributed by atoms with van der Waals surface area (Å²) in [4.78, 5) is 12.1. The van der Waals surface area contributed by atoms with Crippen molar-refractivity contribution in [1.29, 1.82) is 0 Å². The molecule has 0 fully saturated rings. The number of ether oxygens (including phenoxy) is 3. The van der Waals surface area contributed by atoms with Crippen LogP contribution in [0.15, 0.2) is 12.5 Å². The summed E-state index contributed by atoms with van der Waals surface area (Å²) in [6, 6.07) is 0. The van der Waals surface area contributed by atoms with E-state index in [9.17, 15) is 9.36 Å². The van der Waals surface area contributed by atoms with Crippen LogP contribution in [0, 0.1) is 0 Å². The SMILES string of the molecule is CCOC(=O)C(CCCC1OC=CO1)P(=O)(OCC)OCC. The molecule has 8 heteroatoms. The number of esters is 1. The number of hydrogen-bond donors (Lipinski definition) is 0. The number of carbonyl (C=O) groups is 1. The zero-order valence-electron chi connectivity index (χ0n) is 13.4. The molecule has 0 aliphatic carbocycles. The third-order valence-corrected chi connectivity index (χ3v) is 5.46. The average molecular weight is 336 g/mol. The quantitative estimate of drug-likeness (QED) is 0.423. The van der Waals surface area contributed by atoms with E-state index >= 15 is 0 Å². The maximum atomic E-state index is 12.8. The molecular weight excluding hydrogens is 311 g/mol. The van der Waals surface area contributed by atoms with Crippen LogP contribution in [0.5, 0.6) is 0 Å². The minimum Gasteiger partial charge on any atom is -0.465 e. The average Bonchev–Trinajstić information content (AvgIpc) is 2.97. The van der Waals surface area contributed by atoms with E-state index < -0.39 is 19.2 Å². The van der Waals surface area contributed by atoms with E-state index in [1.54, 1.807) is 20.8 Å². The van der Waals surface area contributed by atoms with Gasteiger partial charge in [0.15, 0.2) is 5.66 Å². The molecule has 0 radical (unpaired) electrons. The molecule has 0 spiro atoms. The van der Waals surface area contributed by atoms with Crippen molar-refractivity contribution in [3.8, 4) is 0 Å². The van der Waals surface area contributed by atoms with E-state index in [-0.39, 0.29) is 26.1 Å². The molecular formula is C14H25O7P. The third-order valence-electron chi connectivity index (χ3n) is 2.99. The molecule has 0 saturated carbocycles. The molecule has 0 bridgehead atoms. The molecule has 1 rings (SSSR count). The summed E-state index contributed by atoms with van der Waals surface area (Å²) in [5, 5.41) is 0. The summed E-state index contributed by atoms with van der Waals surface area (Å²) in [6.07, 6.45) is 4.04. The Morgan fingerprint density at radius 3 is 2.23 bits per heavy atom. The Morgan fingerprint density at radius 2 is 1.73 bits per heavy atom. The van der Waals surface area contributed by atoms with Crippen LogP contribution in [-0.2, 0) is 32.6 Å². The Kier molecular flexibility index (Phi) is 8.53. The second kappa shape index (κ2) is 9.87. The van der Waals surface area contributed by atoms with Gasteiger partial charge in [0, 0.05) is 6.42 Å². The molecule has 0 amide bonds. The second-order valence-corrected chi connectivity index (χ2v) is 6.77. The molecule has 1 atom stereocenters. The largest absolute Gasteiger partial charge is 0.465 e. The van der Waals surface area contributed by atoms with Gasteiger partial charge < -0.3 is 23.3 Å². The molecule has 0 N–H and O–H groups in total. The van der Waals surface area contributed by atoms with Crippen molar-refractivity contribution in [3.05, 3.63) is 12.5 Å². The number of hydrogen-bond acceptors (Lipinski definition) is 7. The molecule has 128 valence electrons. The minimum absolute atomic E-state index is 0.200. The van der Waals surface area contributed by atoms with Gasteiger partial charge in [-0.1, -0.05) is 0 Å². The normalized spacial score (nSPS) is 16.1. The zero-order chi connectivity index (χ0) is 16.4. The highest BCUT2D eigenvalue weighted by Gasteiger charge is 2.41. The Balaban J connectivity index is 2.67. The van der Waals surface area contributed by atoms with Crippen LogP contribution in [0.25, 0.3) is 0 Å². The Bertz CT molecular complexity index is 392. The van der Waals surface area contributed by atoms with E-state index in [0.717, 1.165) is 0 Å². The zero-order valence-corrected chi connectivity index (χ0v) is 14.3. The molecule has 1 heterocycles. The molecule has 0 aromatic heterocycles. The first-order valence-electron chi connectivity index (χ1n) is 7.58. The lowest BCUT2D eigenvalue weighted by Gasteiger charge is -2.25. The monoisotopic (exact) mass is 336 g/mol. The first-order valence-corrected chi connectivity index (χ1v) is 9.19. The van der Waals surface area contributed by atoms with Gasteiger partial charge in [0.25, 0.3) is 0 Å². The van der Waals surface area contributed by atoms with E-state index in [1.165, 1.54) is 12.5 Å². The van der Waals surface area contributed by atoms with Crippen molar-refractivity contribution in [2.45, 2.75) is 52.0 Å². The summed E-state index contributed by atoms with van der Waals surface area (Å²) in [6.45, 7) is 5.73. The second-order valence-electron chi connectivity index (χ2n) is 4.55. The van der Waals surface area contributed by atoms with Crippen LogP contribution >= 0.6 is 7.60 Å². The van der Waals surface area contributed by atoms with Crippen molar-refractivity contribution in [2.75, 3.05) is 19.8 Å². The Hall–Kier alpha value is -1.04. The third kappa shape index (κ3) is 5.63. The standard InChI is InChI=1S/C14H25O7P/c1-4-17-14(15)12(22(16,20-5-2)21-6-3)8-7-9-13-18-10-11-19-13/h10-13H,4-9H2,1-3H3. The number of rotatable bonds is 11. The highest BCUT2D eigenvalue weighted by Crippen LogP contribution is 2.55. The number of carbonyl (C=O) groups excluding carboxylic acids is 1. The lowest BCUT2D eigenvalue weighted by Crippen LogP contribution is -2.26. The first kappa shape index (κ1) is 19.0. The predicted octanol–water partition coefficient (Wildman–Crippen LogP) is 3.20. The fraction of sp³-hybridized carbons (Fsp3) is 0.786. The van der Waals surface area contributed by atoms with Gasteiger partial charge >= 0.3 is 13.6 Å². The molecule has 0 saturated heterocycles. The van der Waals surface area contributed by atoms with Crippen molar-refractivity contribution in [3.63, 3.8) is 0 Å². The highest BCUT2D eigenvalue weighted by atomic mass is 31.2. The Labute approximate surface area is 131 Å². The summed E-state index contributed by atoms with van der Waals surface area (Å²) in [5.41, 5.74) is -0.929. The van der Waals surface area contributed by atoms with Gasteiger partial charge in [0.1, 0.15) is 12.5 Å². The van der Waals surface area contributed by atoms with Crippen LogP contribution in [0.2, 0.25) is 0 Å². The molecule has 22 heavy (non-hydrogen) atoms. The maximum absolute atomic E-state index is 12.8. The lowest BCUT2D eigenvalue weighted by molar-refractivity contribution is -0.143. The molecule has 0 aromatic carbocycles. The van der Waals surface area contributed by atoms with Gasteiger partial charge in [-0.2, -0.15) is 0 Å². The fourth-order valence-corrected chi connectivity index (χ4v) is 4.09. The van der Waals surface area contributed by atoms with Gasteiger partial charge in [-0.25, -0.2) is 0 Å². The summed E-state index contributed by atoms with van der Waals surface area (Å²) in [7, 11) is -3.55. The van der Waals surface area contributed by atoms with E-state index in [4.69, 9.17) is 23.3 Å². The van der Waals surface area contributed by atoms with Gasteiger partial charge in [-0.3, -0.25) is 9.36 Å². The summed E-state index contributed by atoms with van der Waals surface area (Å²) >= 11 is 0. The topological polar surface area (TPSA) is 80.3 Å². The molecule has 1 unspecified atom stereocenters. The van der Waals surface area contributed by atoms with E-state index in [1.807, 2.05) is 0 Å². The predicted molar refractivity (Wildman–Crippen MR) is 80.2 cm³/mol. The van der Waals surface area contributed by atoms with Crippen LogP contribution in [0.1, 0.15) is 40.0 Å². The molecule has 0 aromatic rings. The van der Waals surface area contributed by atoms with Crippen LogP contribution in [-0.4, -0.2) is 37.7 Å². The maximum Gasteiger partial charge on any atom is 0.344 e. The van der Waals surface area contributed by atoms with Crippen molar-refractivity contribution in [2.24, 2.45) is 0 Å². The van der Waals surface area contributed by atoms with Gasteiger partial charge in [-0.05, 0) is 33.6 Å². The molecule has 7 nitrogen and oxygen atoms in total. The summed E-state index contributed by atoms with van der Waals surface area (Å²) < 4.78 is 38.8. The lowest BCUT2D eigenvalue weighted by atomic mass is 10.2. The molecule has 1 aliphatic rings. The van der Waals surface area contributed by atoms with Crippen LogP contribution in [0.4, 0.5) is 0 Å².